The lowest BCUT2D eigenvalue weighted by Crippen LogP contribution is -2.30. The van der Waals surface area contributed by atoms with Crippen molar-refractivity contribution in [3.05, 3.63) is 66.1 Å². The first kappa shape index (κ1) is 16.4. The molecule has 0 spiro atoms. The second kappa shape index (κ2) is 7.87. The maximum Gasteiger partial charge on any atom is 0.222 e. The number of hydrogen-bond donors (Lipinski definition) is 0. The molecule has 0 atom stereocenters. The monoisotopic (exact) mass is 323 g/mol. The van der Waals surface area contributed by atoms with Crippen LogP contribution >= 0.6 is 0 Å². The highest BCUT2D eigenvalue weighted by atomic mass is 19.1. The van der Waals surface area contributed by atoms with Gasteiger partial charge in [0.05, 0.1) is 18.9 Å². The Morgan fingerprint density at radius 3 is 2.50 bits per heavy atom. The van der Waals surface area contributed by atoms with Gasteiger partial charge < -0.3 is 9.47 Å². The van der Waals surface area contributed by atoms with Gasteiger partial charge in [-0.1, -0.05) is 18.1 Å². The average Bonchev–Trinajstić information content (AvgIpc) is 2.63. The van der Waals surface area contributed by atoms with Crippen molar-refractivity contribution in [2.75, 3.05) is 13.2 Å². The number of ether oxygens (including phenoxy) is 2. The van der Waals surface area contributed by atoms with E-state index in [9.17, 15) is 4.39 Å². The van der Waals surface area contributed by atoms with Gasteiger partial charge >= 0.3 is 0 Å². The van der Waals surface area contributed by atoms with Crippen LogP contribution in [0.25, 0.3) is 11.3 Å². The molecule has 3 nitrogen and oxygen atoms in total. The lowest BCUT2D eigenvalue weighted by Gasteiger charge is -2.24. The van der Waals surface area contributed by atoms with Crippen molar-refractivity contribution in [2.45, 2.75) is 13.2 Å². The predicted octanol–water partition coefficient (Wildman–Crippen LogP) is 3.80. The van der Waals surface area contributed by atoms with Gasteiger partial charge in [0.2, 0.25) is 6.29 Å². The Kier molecular flexibility index (Phi) is 5.37. The van der Waals surface area contributed by atoms with Gasteiger partial charge in [0.15, 0.2) is 0 Å². The van der Waals surface area contributed by atoms with Crippen LogP contribution in [0.5, 0.6) is 0 Å². The number of aromatic nitrogens is 1. The van der Waals surface area contributed by atoms with Crippen LogP contribution in [0.1, 0.15) is 12.5 Å². The molecule has 1 aliphatic heterocycles. The Bertz CT molecular complexity index is 749. The molecule has 2 aromatic rings. The maximum atomic E-state index is 12.9. The molecule has 1 aliphatic rings. The minimum absolute atomic E-state index is 0.259. The van der Waals surface area contributed by atoms with E-state index < -0.39 is 6.29 Å². The second-order valence-electron chi connectivity index (χ2n) is 5.49. The highest BCUT2D eigenvalue weighted by Gasteiger charge is 2.18. The molecule has 0 aliphatic carbocycles. The lowest BCUT2D eigenvalue weighted by atomic mass is 10.1. The molecule has 0 bridgehead atoms. The topological polar surface area (TPSA) is 31.4 Å². The summed E-state index contributed by atoms with van der Waals surface area (Å²) in [6, 6.07) is 9.99. The van der Waals surface area contributed by atoms with Gasteiger partial charge in [-0.25, -0.2) is 4.39 Å². The molecule has 24 heavy (non-hydrogen) atoms. The van der Waals surface area contributed by atoms with Crippen LogP contribution in [0.2, 0.25) is 0 Å². The number of halogens is 1. The largest absolute Gasteiger partial charge is 0.341 e. The smallest absolute Gasteiger partial charge is 0.222 e. The van der Waals surface area contributed by atoms with Crippen molar-refractivity contribution in [2.24, 2.45) is 5.92 Å². The highest BCUT2D eigenvalue weighted by molar-refractivity contribution is 5.59. The Morgan fingerprint density at radius 1 is 1.12 bits per heavy atom. The number of pyridine rings is 1. The third-order valence-corrected chi connectivity index (χ3v) is 3.63. The summed E-state index contributed by atoms with van der Waals surface area (Å²) in [5.74, 6) is 6.00. The number of nitrogens with zero attached hydrogens (tertiary/aromatic N) is 1. The summed E-state index contributed by atoms with van der Waals surface area (Å²) >= 11 is 0. The molecule has 1 saturated heterocycles. The van der Waals surface area contributed by atoms with Gasteiger partial charge in [-0.2, -0.15) is 0 Å². The summed E-state index contributed by atoms with van der Waals surface area (Å²) in [7, 11) is 0. The molecule has 3 rings (SSSR count). The summed E-state index contributed by atoms with van der Waals surface area (Å²) in [5.41, 5.74) is 2.42. The van der Waals surface area contributed by atoms with Gasteiger partial charge in [-0.05, 0) is 49.2 Å². The van der Waals surface area contributed by atoms with Gasteiger partial charge in [0, 0.05) is 23.2 Å². The SMILES string of the molecule is CC=C[C@H]1CO[C@H](C#Cc2ccc(-c3ccc(F)cc3)nc2)OC1. The molecule has 0 radical (unpaired) electrons. The summed E-state index contributed by atoms with van der Waals surface area (Å²) in [6.07, 6.45) is 5.26. The van der Waals surface area contributed by atoms with Crippen molar-refractivity contribution >= 4 is 0 Å². The Morgan fingerprint density at radius 2 is 1.88 bits per heavy atom. The average molecular weight is 323 g/mol. The van der Waals surface area contributed by atoms with E-state index in [0.29, 0.717) is 19.1 Å². The molecule has 1 aromatic heterocycles. The molecule has 0 saturated carbocycles. The van der Waals surface area contributed by atoms with E-state index in [1.54, 1.807) is 18.3 Å². The summed E-state index contributed by atoms with van der Waals surface area (Å²) in [5, 5.41) is 0. The molecule has 0 N–H and O–H groups in total. The lowest BCUT2D eigenvalue weighted by molar-refractivity contribution is -0.160. The summed E-state index contributed by atoms with van der Waals surface area (Å²) in [4.78, 5) is 4.36. The normalized spacial score (nSPS) is 20.6. The number of benzene rings is 1. The third kappa shape index (κ3) is 4.29. The van der Waals surface area contributed by atoms with Crippen LogP contribution in [-0.4, -0.2) is 24.5 Å². The quantitative estimate of drug-likeness (QED) is 0.622. The van der Waals surface area contributed by atoms with Crippen molar-refractivity contribution < 1.29 is 13.9 Å². The Labute approximate surface area is 141 Å². The first-order valence-electron chi connectivity index (χ1n) is 7.84. The zero-order valence-electron chi connectivity index (χ0n) is 13.4. The second-order valence-corrected chi connectivity index (χ2v) is 5.49. The predicted molar refractivity (Wildman–Crippen MR) is 90.5 cm³/mol. The molecule has 2 heterocycles. The van der Waals surface area contributed by atoms with E-state index in [2.05, 4.69) is 22.9 Å². The first-order valence-corrected chi connectivity index (χ1v) is 7.84. The molecule has 0 amide bonds. The summed E-state index contributed by atoms with van der Waals surface area (Å²) < 4.78 is 24.1. The van der Waals surface area contributed by atoms with Crippen molar-refractivity contribution in [3.63, 3.8) is 0 Å². The Hall–Kier alpha value is -2.48. The Balaban J connectivity index is 1.62. The minimum atomic E-state index is -0.497. The van der Waals surface area contributed by atoms with Crippen LogP contribution in [0, 0.1) is 23.6 Å². The molecule has 122 valence electrons. The van der Waals surface area contributed by atoms with E-state index >= 15 is 0 Å². The standard InChI is InChI=1S/C20H18FNO2/c1-2-3-16-13-23-20(24-14-16)11-5-15-4-10-19(22-12-15)17-6-8-18(21)9-7-17/h2-4,6-10,12,16,20H,13-14H2,1H3/t16-,20-. The first-order chi connectivity index (χ1) is 11.7. The van der Waals surface area contributed by atoms with Gasteiger partial charge in [-0.15, -0.1) is 0 Å². The number of rotatable bonds is 2. The van der Waals surface area contributed by atoms with E-state index in [1.165, 1.54) is 12.1 Å². The van der Waals surface area contributed by atoms with E-state index in [4.69, 9.17) is 9.47 Å². The van der Waals surface area contributed by atoms with E-state index in [0.717, 1.165) is 16.8 Å². The number of allylic oxidation sites excluding steroid dienone is 1. The van der Waals surface area contributed by atoms with Gasteiger partial charge in [0.25, 0.3) is 0 Å². The fourth-order valence-corrected chi connectivity index (χ4v) is 2.39. The van der Waals surface area contributed by atoms with Crippen LogP contribution in [0.4, 0.5) is 4.39 Å². The van der Waals surface area contributed by atoms with E-state index in [-0.39, 0.29) is 5.82 Å². The fourth-order valence-electron chi connectivity index (χ4n) is 2.39. The maximum absolute atomic E-state index is 12.9. The fraction of sp³-hybridized carbons (Fsp3) is 0.250. The van der Waals surface area contributed by atoms with Crippen molar-refractivity contribution in [1.82, 2.24) is 4.98 Å². The van der Waals surface area contributed by atoms with E-state index in [1.807, 2.05) is 25.1 Å². The molecule has 4 heteroatoms. The number of hydrogen-bond acceptors (Lipinski definition) is 3. The summed E-state index contributed by atoms with van der Waals surface area (Å²) in [6.45, 7) is 3.21. The third-order valence-electron chi connectivity index (χ3n) is 3.63. The highest BCUT2D eigenvalue weighted by Crippen LogP contribution is 2.17. The molecule has 1 aromatic carbocycles. The molecule has 0 unspecified atom stereocenters. The van der Waals surface area contributed by atoms with Crippen LogP contribution in [-0.2, 0) is 9.47 Å². The minimum Gasteiger partial charge on any atom is -0.341 e. The van der Waals surface area contributed by atoms with Crippen LogP contribution in [0.15, 0.2) is 54.7 Å². The molecular formula is C20H18FNO2. The van der Waals surface area contributed by atoms with Gasteiger partial charge in [-0.3, -0.25) is 4.98 Å². The zero-order valence-corrected chi connectivity index (χ0v) is 13.4. The van der Waals surface area contributed by atoms with Crippen molar-refractivity contribution in [3.8, 4) is 23.1 Å². The van der Waals surface area contributed by atoms with Crippen LogP contribution < -0.4 is 0 Å². The zero-order chi connectivity index (χ0) is 16.8. The molecular weight excluding hydrogens is 305 g/mol. The molecule has 1 fully saturated rings. The van der Waals surface area contributed by atoms with Gasteiger partial charge in [0.1, 0.15) is 5.82 Å². The van der Waals surface area contributed by atoms with Crippen LogP contribution in [0.3, 0.4) is 0 Å². The van der Waals surface area contributed by atoms with Crippen molar-refractivity contribution in [1.29, 1.82) is 0 Å².